The van der Waals surface area contributed by atoms with Crippen LogP contribution in [-0.4, -0.2) is 43.4 Å². The van der Waals surface area contributed by atoms with E-state index in [9.17, 15) is 4.79 Å². The first-order valence-corrected chi connectivity index (χ1v) is 8.16. The predicted molar refractivity (Wildman–Crippen MR) is 90.8 cm³/mol. The van der Waals surface area contributed by atoms with Gasteiger partial charge in [0, 0.05) is 43.1 Å². The minimum absolute atomic E-state index is 0.00989. The molecule has 1 fully saturated rings. The van der Waals surface area contributed by atoms with Crippen molar-refractivity contribution in [2.45, 2.75) is 25.8 Å². The van der Waals surface area contributed by atoms with Crippen LogP contribution in [0.5, 0.6) is 0 Å². The van der Waals surface area contributed by atoms with Crippen molar-refractivity contribution in [3.8, 4) is 0 Å². The highest BCUT2D eigenvalue weighted by molar-refractivity contribution is 5.96. The normalized spacial score (nSPS) is 15.0. The smallest absolute Gasteiger partial charge is 0.255 e. The number of carbonyl (C=O) groups excluding carboxylic acids is 1. The Bertz CT molecular complexity index is 881. The summed E-state index contributed by atoms with van der Waals surface area (Å²) in [6.07, 6.45) is 5.22. The number of rotatable bonds is 3. The highest BCUT2D eigenvalue weighted by Crippen LogP contribution is 2.27. The summed E-state index contributed by atoms with van der Waals surface area (Å²) in [4.78, 5) is 27.6. The Kier molecular flexibility index (Phi) is 3.52. The first kappa shape index (κ1) is 14.8. The summed E-state index contributed by atoms with van der Waals surface area (Å²) in [5.74, 6) is 0.336. The summed E-state index contributed by atoms with van der Waals surface area (Å²) >= 11 is 0. The topological polar surface area (TPSA) is 63.9 Å². The molecule has 3 aromatic heterocycles. The maximum absolute atomic E-state index is 12.6. The molecule has 0 spiro atoms. The Balaban J connectivity index is 1.50. The van der Waals surface area contributed by atoms with Crippen LogP contribution in [0.3, 0.4) is 0 Å². The van der Waals surface area contributed by atoms with Gasteiger partial charge >= 0.3 is 0 Å². The molecule has 4 rings (SSSR count). The highest BCUT2D eigenvalue weighted by atomic mass is 16.2. The van der Waals surface area contributed by atoms with Gasteiger partial charge in [-0.1, -0.05) is 6.07 Å². The molecule has 0 saturated carbocycles. The minimum atomic E-state index is 0.00989. The van der Waals surface area contributed by atoms with E-state index in [1.54, 1.807) is 18.7 Å². The molecule has 1 amide bonds. The monoisotopic (exact) mass is 321 g/mol. The fourth-order valence-electron chi connectivity index (χ4n) is 3.05. The number of hydrogen-bond donors (Lipinski definition) is 0. The largest absolute Gasteiger partial charge is 0.337 e. The maximum Gasteiger partial charge on any atom is 0.255 e. The summed E-state index contributed by atoms with van der Waals surface area (Å²) in [5, 5.41) is 0. The van der Waals surface area contributed by atoms with Crippen LogP contribution in [0.25, 0.3) is 11.2 Å². The number of amides is 1. The van der Waals surface area contributed by atoms with Crippen LogP contribution in [0.15, 0.2) is 43.0 Å². The molecule has 1 aliphatic rings. The first-order chi connectivity index (χ1) is 11.6. The van der Waals surface area contributed by atoms with Gasteiger partial charge in [0.15, 0.2) is 5.65 Å². The van der Waals surface area contributed by atoms with Crippen LogP contribution < -0.4 is 0 Å². The molecule has 24 heavy (non-hydrogen) atoms. The zero-order valence-electron chi connectivity index (χ0n) is 13.8. The average molecular weight is 321 g/mol. The van der Waals surface area contributed by atoms with Gasteiger partial charge in [-0.2, -0.15) is 0 Å². The van der Waals surface area contributed by atoms with E-state index in [0.29, 0.717) is 30.6 Å². The van der Waals surface area contributed by atoms with Crippen LogP contribution in [0, 0.1) is 0 Å². The number of pyridine rings is 2. The molecule has 0 radical (unpaired) electrons. The molecule has 3 aromatic rings. The van der Waals surface area contributed by atoms with Gasteiger partial charge in [-0.15, -0.1) is 0 Å². The Morgan fingerprint density at radius 2 is 2.04 bits per heavy atom. The lowest BCUT2D eigenvalue weighted by molar-refractivity contribution is 0.0598. The lowest BCUT2D eigenvalue weighted by atomic mass is 9.95. The van der Waals surface area contributed by atoms with Crippen LogP contribution in [0.1, 0.15) is 41.9 Å². The zero-order valence-corrected chi connectivity index (χ0v) is 13.8. The number of hydrogen-bond acceptors (Lipinski definition) is 4. The Morgan fingerprint density at radius 3 is 2.75 bits per heavy atom. The molecule has 0 N–H and O–H groups in total. The van der Waals surface area contributed by atoms with E-state index in [2.05, 4.69) is 28.8 Å². The molecule has 4 heterocycles. The fraction of sp³-hybridized carbons (Fsp3) is 0.333. The third-order valence-electron chi connectivity index (χ3n) is 4.49. The Labute approximate surface area is 140 Å². The van der Waals surface area contributed by atoms with Gasteiger partial charge in [-0.05, 0) is 32.0 Å². The highest BCUT2D eigenvalue weighted by Gasteiger charge is 2.33. The maximum atomic E-state index is 12.6. The lowest BCUT2D eigenvalue weighted by Gasteiger charge is -2.38. The van der Waals surface area contributed by atoms with Crippen LogP contribution in [-0.2, 0) is 0 Å². The van der Waals surface area contributed by atoms with E-state index >= 15 is 0 Å². The van der Waals surface area contributed by atoms with E-state index < -0.39 is 0 Å². The van der Waals surface area contributed by atoms with E-state index in [1.807, 2.05) is 33.7 Å². The summed E-state index contributed by atoms with van der Waals surface area (Å²) in [7, 11) is 0. The van der Waals surface area contributed by atoms with Crippen molar-refractivity contribution in [2.24, 2.45) is 0 Å². The van der Waals surface area contributed by atoms with Crippen LogP contribution >= 0.6 is 0 Å². The van der Waals surface area contributed by atoms with Crippen molar-refractivity contribution >= 4 is 17.1 Å². The van der Waals surface area contributed by atoms with Crippen molar-refractivity contribution in [3.05, 3.63) is 54.2 Å². The van der Waals surface area contributed by atoms with E-state index in [-0.39, 0.29) is 5.91 Å². The van der Waals surface area contributed by atoms with Crippen LogP contribution in [0.2, 0.25) is 0 Å². The number of likely N-dealkylation sites (tertiary alicyclic amines) is 1. The van der Waals surface area contributed by atoms with Crippen molar-refractivity contribution in [1.29, 1.82) is 0 Å². The fourth-order valence-corrected chi connectivity index (χ4v) is 3.05. The standard InChI is InChI=1S/C18H19N5O/c1-12(2)23-11-21-16-7-13(8-20-17(16)23)18(24)22-9-14(10-22)15-5-3-4-6-19-15/h3-8,11-12,14H,9-10H2,1-2H3. The first-order valence-electron chi connectivity index (χ1n) is 8.16. The Morgan fingerprint density at radius 1 is 1.21 bits per heavy atom. The van der Waals surface area contributed by atoms with Crippen LogP contribution in [0.4, 0.5) is 0 Å². The lowest BCUT2D eigenvalue weighted by Crippen LogP contribution is -2.48. The van der Waals surface area contributed by atoms with Gasteiger partial charge in [-0.25, -0.2) is 9.97 Å². The summed E-state index contributed by atoms with van der Waals surface area (Å²) < 4.78 is 2.00. The second kappa shape index (κ2) is 5.70. The molecule has 0 aliphatic carbocycles. The second-order valence-corrected chi connectivity index (χ2v) is 6.47. The number of fused-ring (bicyclic) bond motifs is 1. The van der Waals surface area contributed by atoms with Gasteiger partial charge in [-0.3, -0.25) is 9.78 Å². The zero-order chi connectivity index (χ0) is 16.7. The third kappa shape index (κ3) is 2.44. The molecule has 6 nitrogen and oxygen atoms in total. The molecule has 1 aliphatic heterocycles. The molecular weight excluding hydrogens is 302 g/mol. The minimum Gasteiger partial charge on any atom is -0.337 e. The summed E-state index contributed by atoms with van der Waals surface area (Å²) in [5.41, 5.74) is 3.22. The van der Waals surface area contributed by atoms with Crippen molar-refractivity contribution in [1.82, 2.24) is 24.4 Å². The van der Waals surface area contributed by atoms with Gasteiger partial charge in [0.05, 0.1) is 11.9 Å². The molecule has 6 heteroatoms. The molecule has 0 atom stereocenters. The molecular formula is C18H19N5O. The quantitative estimate of drug-likeness (QED) is 0.744. The van der Waals surface area contributed by atoms with E-state index in [4.69, 9.17) is 0 Å². The van der Waals surface area contributed by atoms with E-state index in [1.165, 1.54) is 0 Å². The van der Waals surface area contributed by atoms with Crippen molar-refractivity contribution in [3.63, 3.8) is 0 Å². The summed E-state index contributed by atoms with van der Waals surface area (Å²) in [6.45, 7) is 5.57. The molecule has 122 valence electrons. The predicted octanol–water partition coefficient (Wildman–Crippen LogP) is 2.65. The number of imidazole rings is 1. The number of nitrogens with zero attached hydrogens (tertiary/aromatic N) is 5. The number of aromatic nitrogens is 4. The summed E-state index contributed by atoms with van der Waals surface area (Å²) in [6, 6.07) is 8.02. The molecule has 1 saturated heterocycles. The van der Waals surface area contributed by atoms with Gasteiger partial charge in [0.25, 0.3) is 5.91 Å². The van der Waals surface area contributed by atoms with Gasteiger partial charge in [0.2, 0.25) is 0 Å². The second-order valence-electron chi connectivity index (χ2n) is 6.47. The SMILES string of the molecule is CC(C)n1cnc2cc(C(=O)N3CC(c4ccccn4)C3)cnc21. The van der Waals surface area contributed by atoms with Gasteiger partial charge in [0.1, 0.15) is 5.52 Å². The molecule has 0 unspecified atom stereocenters. The Hall–Kier alpha value is -2.76. The van der Waals surface area contributed by atoms with E-state index in [0.717, 1.165) is 16.9 Å². The number of carbonyl (C=O) groups is 1. The molecule has 0 bridgehead atoms. The van der Waals surface area contributed by atoms with Crippen molar-refractivity contribution < 1.29 is 4.79 Å². The van der Waals surface area contributed by atoms with Gasteiger partial charge < -0.3 is 9.47 Å². The molecule has 0 aromatic carbocycles. The average Bonchev–Trinajstić information content (AvgIpc) is 2.97. The van der Waals surface area contributed by atoms with Crippen molar-refractivity contribution in [2.75, 3.05) is 13.1 Å². The third-order valence-corrected chi connectivity index (χ3v) is 4.49.